The summed E-state index contributed by atoms with van der Waals surface area (Å²) in [5, 5.41) is 6.64. The maximum absolute atomic E-state index is 11.3. The van der Waals surface area contributed by atoms with Crippen LogP contribution in [0.4, 0.5) is 0 Å². The molecule has 0 aromatic heterocycles. The molecule has 0 atom stereocenters. The largest absolute Gasteiger partial charge is 0.383 e. The van der Waals surface area contributed by atoms with E-state index in [9.17, 15) is 4.79 Å². The molecule has 3 heteroatoms. The van der Waals surface area contributed by atoms with Crippen LogP contribution in [0.15, 0.2) is 73.1 Å². The molecule has 0 aliphatic carbocycles. The second kappa shape index (κ2) is 10.4. The predicted octanol–water partition coefficient (Wildman–Crippen LogP) is 4.79. The van der Waals surface area contributed by atoms with Crippen molar-refractivity contribution in [3.63, 3.8) is 0 Å². The van der Waals surface area contributed by atoms with Gasteiger partial charge in [0.05, 0.1) is 6.54 Å². The van der Waals surface area contributed by atoms with Crippen molar-refractivity contribution < 1.29 is 4.79 Å². The Balaban J connectivity index is 1.66. The van der Waals surface area contributed by atoms with Gasteiger partial charge in [0.15, 0.2) is 5.78 Å². The van der Waals surface area contributed by atoms with Gasteiger partial charge in [-0.2, -0.15) is 0 Å². The molecule has 2 aromatic carbocycles. The average molecular weight is 363 g/mol. The van der Waals surface area contributed by atoms with Crippen LogP contribution in [0.5, 0.6) is 0 Å². The van der Waals surface area contributed by atoms with E-state index in [4.69, 9.17) is 0 Å². The minimum Gasteiger partial charge on any atom is -0.383 e. The first-order chi connectivity index (χ1) is 13.0. The van der Waals surface area contributed by atoms with Gasteiger partial charge in [-0.3, -0.25) is 4.79 Å². The van der Waals surface area contributed by atoms with Crippen molar-refractivity contribution in [3.05, 3.63) is 95.3 Å². The van der Waals surface area contributed by atoms with Gasteiger partial charge < -0.3 is 10.6 Å². The standard InChI is InChI=1S/C24H30N2O/c1-5-21-8-10-22(11-9-21)7-6-18(2)25-16-19(3)26-17-23-12-14-24(15-13-23)20(4)27/h8-15,25-26H,2-3,5-7,16-17H2,1,4H3. The van der Waals surface area contributed by atoms with Gasteiger partial charge in [0.1, 0.15) is 0 Å². The van der Waals surface area contributed by atoms with Crippen LogP contribution in [0, 0.1) is 0 Å². The summed E-state index contributed by atoms with van der Waals surface area (Å²) in [7, 11) is 0. The Bertz CT molecular complexity index is 773. The van der Waals surface area contributed by atoms with Crippen LogP contribution in [0.3, 0.4) is 0 Å². The summed E-state index contributed by atoms with van der Waals surface area (Å²) in [5.41, 5.74) is 6.49. The predicted molar refractivity (Wildman–Crippen MR) is 114 cm³/mol. The van der Waals surface area contributed by atoms with Crippen molar-refractivity contribution in [1.82, 2.24) is 10.6 Å². The Morgan fingerprint density at radius 1 is 0.852 bits per heavy atom. The number of ketones is 1. The van der Waals surface area contributed by atoms with Gasteiger partial charge in [-0.25, -0.2) is 0 Å². The lowest BCUT2D eigenvalue weighted by Gasteiger charge is -2.14. The molecule has 0 aliphatic heterocycles. The topological polar surface area (TPSA) is 41.1 Å². The number of Topliss-reactive ketones (excluding diaryl/α,β-unsaturated/α-hetero) is 1. The SMILES string of the molecule is C=C(CCc1ccc(CC)cc1)NCC(=C)NCc1ccc(C(C)=O)cc1. The number of rotatable bonds is 11. The summed E-state index contributed by atoms with van der Waals surface area (Å²) in [6, 6.07) is 16.4. The molecule has 0 saturated heterocycles. The molecular weight excluding hydrogens is 332 g/mol. The van der Waals surface area contributed by atoms with Gasteiger partial charge in [0, 0.05) is 23.5 Å². The highest BCUT2D eigenvalue weighted by atomic mass is 16.1. The Labute approximate surface area is 163 Å². The second-order valence-corrected chi connectivity index (χ2v) is 6.84. The second-order valence-electron chi connectivity index (χ2n) is 6.84. The highest BCUT2D eigenvalue weighted by Gasteiger charge is 2.01. The first-order valence-electron chi connectivity index (χ1n) is 9.49. The molecule has 27 heavy (non-hydrogen) atoms. The summed E-state index contributed by atoms with van der Waals surface area (Å²) >= 11 is 0. The van der Waals surface area contributed by atoms with E-state index in [-0.39, 0.29) is 5.78 Å². The lowest BCUT2D eigenvalue weighted by molar-refractivity contribution is 0.101. The van der Waals surface area contributed by atoms with Gasteiger partial charge in [0.2, 0.25) is 0 Å². The number of hydrogen-bond acceptors (Lipinski definition) is 3. The molecule has 0 aliphatic rings. The number of hydrogen-bond donors (Lipinski definition) is 2. The third-order valence-corrected chi connectivity index (χ3v) is 4.60. The molecule has 0 heterocycles. The van der Waals surface area contributed by atoms with Crippen LogP contribution in [-0.4, -0.2) is 12.3 Å². The van der Waals surface area contributed by atoms with Crippen LogP contribution >= 0.6 is 0 Å². The van der Waals surface area contributed by atoms with Crippen molar-refractivity contribution in [2.75, 3.05) is 6.54 Å². The Morgan fingerprint density at radius 3 is 2.04 bits per heavy atom. The first-order valence-corrected chi connectivity index (χ1v) is 9.49. The fraction of sp³-hybridized carbons (Fsp3) is 0.292. The Morgan fingerprint density at radius 2 is 1.44 bits per heavy atom. The van der Waals surface area contributed by atoms with Crippen LogP contribution in [0.2, 0.25) is 0 Å². The molecule has 2 N–H and O–H groups in total. The zero-order valence-electron chi connectivity index (χ0n) is 16.5. The van der Waals surface area contributed by atoms with E-state index < -0.39 is 0 Å². The van der Waals surface area contributed by atoms with Crippen molar-refractivity contribution in [2.45, 2.75) is 39.7 Å². The number of carbonyl (C=O) groups excluding carboxylic acids is 1. The molecule has 0 spiro atoms. The smallest absolute Gasteiger partial charge is 0.159 e. The maximum Gasteiger partial charge on any atom is 0.159 e. The number of aryl methyl sites for hydroxylation is 2. The molecule has 2 rings (SSSR count). The van der Waals surface area contributed by atoms with E-state index in [0.29, 0.717) is 13.1 Å². The van der Waals surface area contributed by atoms with E-state index in [2.05, 4.69) is 55.0 Å². The number of allylic oxidation sites excluding steroid dienone is 1. The lowest BCUT2D eigenvalue weighted by Crippen LogP contribution is -2.24. The van der Waals surface area contributed by atoms with Crippen molar-refractivity contribution in [2.24, 2.45) is 0 Å². The Hall–Kier alpha value is -2.81. The lowest BCUT2D eigenvalue weighted by atomic mass is 10.1. The normalized spacial score (nSPS) is 10.3. The molecular formula is C24H30N2O. The molecule has 0 fully saturated rings. The molecule has 0 radical (unpaired) electrons. The van der Waals surface area contributed by atoms with Crippen LogP contribution in [0.1, 0.15) is 47.3 Å². The molecule has 0 saturated carbocycles. The van der Waals surface area contributed by atoms with Crippen molar-refractivity contribution in [1.29, 1.82) is 0 Å². The molecule has 0 amide bonds. The summed E-state index contributed by atoms with van der Waals surface area (Å²) < 4.78 is 0. The Kier molecular flexibility index (Phi) is 7.87. The highest BCUT2D eigenvalue weighted by molar-refractivity contribution is 5.93. The van der Waals surface area contributed by atoms with Gasteiger partial charge >= 0.3 is 0 Å². The number of benzene rings is 2. The summed E-state index contributed by atoms with van der Waals surface area (Å²) in [5.74, 6) is 0.0861. The van der Waals surface area contributed by atoms with Crippen LogP contribution in [0.25, 0.3) is 0 Å². The van der Waals surface area contributed by atoms with E-state index in [1.54, 1.807) is 6.92 Å². The summed E-state index contributed by atoms with van der Waals surface area (Å²) in [4.78, 5) is 11.3. The van der Waals surface area contributed by atoms with Gasteiger partial charge in [0.25, 0.3) is 0 Å². The first kappa shape index (κ1) is 20.5. The third-order valence-electron chi connectivity index (χ3n) is 4.60. The van der Waals surface area contributed by atoms with E-state index in [1.165, 1.54) is 11.1 Å². The van der Waals surface area contributed by atoms with Gasteiger partial charge in [-0.05, 0) is 42.9 Å². The zero-order valence-corrected chi connectivity index (χ0v) is 16.5. The van der Waals surface area contributed by atoms with E-state index >= 15 is 0 Å². The fourth-order valence-corrected chi connectivity index (χ4v) is 2.70. The van der Waals surface area contributed by atoms with E-state index in [1.807, 2.05) is 24.3 Å². The van der Waals surface area contributed by atoms with Gasteiger partial charge in [-0.1, -0.05) is 68.6 Å². The molecule has 142 valence electrons. The van der Waals surface area contributed by atoms with Crippen molar-refractivity contribution >= 4 is 5.78 Å². The number of nitrogens with one attached hydrogen (secondary N) is 2. The van der Waals surface area contributed by atoms with Gasteiger partial charge in [-0.15, -0.1) is 0 Å². The monoisotopic (exact) mass is 362 g/mol. The van der Waals surface area contributed by atoms with E-state index in [0.717, 1.165) is 41.8 Å². The third kappa shape index (κ3) is 7.14. The van der Waals surface area contributed by atoms with Crippen LogP contribution < -0.4 is 10.6 Å². The summed E-state index contributed by atoms with van der Waals surface area (Å²) in [6.45, 7) is 13.3. The maximum atomic E-state index is 11.3. The van der Waals surface area contributed by atoms with Crippen LogP contribution in [-0.2, 0) is 19.4 Å². The quantitative estimate of drug-likeness (QED) is 0.565. The van der Waals surface area contributed by atoms with Crippen molar-refractivity contribution in [3.8, 4) is 0 Å². The zero-order chi connectivity index (χ0) is 19.6. The highest BCUT2D eigenvalue weighted by Crippen LogP contribution is 2.10. The fourth-order valence-electron chi connectivity index (χ4n) is 2.70. The molecule has 3 nitrogen and oxygen atoms in total. The summed E-state index contributed by atoms with van der Waals surface area (Å²) in [6.07, 6.45) is 2.97. The average Bonchev–Trinajstić information content (AvgIpc) is 2.69. The molecule has 0 bridgehead atoms. The number of carbonyl (C=O) groups is 1. The molecule has 0 unspecified atom stereocenters. The molecule has 2 aromatic rings. The minimum atomic E-state index is 0.0861. The minimum absolute atomic E-state index is 0.0861.